The lowest BCUT2D eigenvalue weighted by atomic mass is 10.2. The number of rotatable bonds is 3. The summed E-state index contributed by atoms with van der Waals surface area (Å²) < 4.78 is 35.0. The Morgan fingerprint density at radius 2 is 1.65 bits per heavy atom. The molecular formula is C12H11NO3S. The van der Waals surface area contributed by atoms with Gasteiger partial charge in [0.2, 0.25) is 0 Å². The molecular weight excluding hydrogens is 238 g/mol. The number of hydrogen-bond donors (Lipinski definition) is 0. The van der Waals surface area contributed by atoms with Crippen LogP contribution in [0.4, 0.5) is 0 Å². The van der Waals surface area contributed by atoms with Crippen molar-refractivity contribution in [3.63, 3.8) is 0 Å². The number of nitrogens with zero attached hydrogens (tertiary/aromatic N) is 1. The average Bonchev–Trinajstić information content (AvgIpc) is 2.30. The van der Waals surface area contributed by atoms with Gasteiger partial charge in [0, 0.05) is 17.7 Å². The first-order valence-electron chi connectivity index (χ1n) is 5.05. The van der Waals surface area contributed by atoms with Gasteiger partial charge in [-0.15, -0.1) is 0 Å². The minimum atomic E-state index is -4.42. The molecule has 0 aliphatic heterocycles. The molecule has 0 N–H and O–H groups in total. The third-order valence-electron chi connectivity index (χ3n) is 2.37. The lowest BCUT2D eigenvalue weighted by molar-refractivity contribution is -0.688. The second-order valence-electron chi connectivity index (χ2n) is 3.61. The Kier molecular flexibility index (Phi) is 3.21. The van der Waals surface area contributed by atoms with Crippen LogP contribution in [0.25, 0.3) is 0 Å². The van der Waals surface area contributed by atoms with Gasteiger partial charge in [-0.05, 0) is 6.07 Å². The Hall–Kier alpha value is -1.72. The SMILES string of the molecule is O=S(=O)([O-])c1ccccc1C[n+]1ccccc1. The Morgan fingerprint density at radius 3 is 2.29 bits per heavy atom. The van der Waals surface area contributed by atoms with E-state index >= 15 is 0 Å². The highest BCUT2D eigenvalue weighted by atomic mass is 32.2. The van der Waals surface area contributed by atoms with Gasteiger partial charge in [0.15, 0.2) is 18.9 Å². The smallest absolute Gasteiger partial charge is 0.175 e. The van der Waals surface area contributed by atoms with Crippen molar-refractivity contribution in [2.75, 3.05) is 0 Å². The van der Waals surface area contributed by atoms with Crippen molar-refractivity contribution in [3.8, 4) is 0 Å². The van der Waals surface area contributed by atoms with E-state index in [1.54, 1.807) is 18.2 Å². The predicted octanol–water partition coefficient (Wildman–Crippen LogP) is 0.927. The largest absolute Gasteiger partial charge is 0.744 e. The summed E-state index contributed by atoms with van der Waals surface area (Å²) in [4.78, 5) is -0.156. The Labute approximate surface area is 99.9 Å². The second-order valence-corrected chi connectivity index (χ2v) is 4.96. The normalized spacial score (nSPS) is 11.4. The molecule has 0 saturated carbocycles. The third-order valence-corrected chi connectivity index (χ3v) is 3.31. The summed E-state index contributed by atoms with van der Waals surface area (Å²) in [6.45, 7) is 0.360. The maximum Gasteiger partial charge on any atom is 0.175 e. The minimum Gasteiger partial charge on any atom is -0.744 e. The monoisotopic (exact) mass is 249 g/mol. The number of aromatic nitrogens is 1. The van der Waals surface area contributed by atoms with Crippen molar-refractivity contribution in [2.24, 2.45) is 0 Å². The molecule has 0 fully saturated rings. The third kappa shape index (κ3) is 2.89. The lowest BCUT2D eigenvalue weighted by Crippen LogP contribution is -2.33. The molecule has 1 aromatic carbocycles. The number of pyridine rings is 1. The average molecular weight is 249 g/mol. The first kappa shape index (κ1) is 11.8. The van der Waals surface area contributed by atoms with E-state index in [0.717, 1.165) is 0 Å². The van der Waals surface area contributed by atoms with Crippen LogP contribution in [0.5, 0.6) is 0 Å². The maximum absolute atomic E-state index is 11.1. The van der Waals surface area contributed by atoms with Crippen LogP contribution >= 0.6 is 0 Å². The topological polar surface area (TPSA) is 61.1 Å². The molecule has 0 radical (unpaired) electrons. The Balaban J connectivity index is 2.41. The van der Waals surface area contributed by atoms with E-state index in [0.29, 0.717) is 12.1 Å². The summed E-state index contributed by atoms with van der Waals surface area (Å²) in [5, 5.41) is 0. The quantitative estimate of drug-likeness (QED) is 0.600. The highest BCUT2D eigenvalue weighted by molar-refractivity contribution is 7.85. The number of hydrogen-bond acceptors (Lipinski definition) is 3. The van der Waals surface area contributed by atoms with Gasteiger partial charge in [-0.2, -0.15) is 0 Å². The Bertz CT molecular complexity index is 609. The van der Waals surface area contributed by atoms with E-state index in [2.05, 4.69) is 0 Å². The van der Waals surface area contributed by atoms with Crippen LogP contribution in [-0.2, 0) is 16.7 Å². The molecule has 0 atom stereocenters. The van der Waals surface area contributed by atoms with Gasteiger partial charge < -0.3 is 4.55 Å². The van der Waals surface area contributed by atoms with Crippen LogP contribution in [0.1, 0.15) is 5.56 Å². The fraction of sp³-hybridized carbons (Fsp3) is 0.0833. The zero-order valence-corrected chi connectivity index (χ0v) is 9.80. The Morgan fingerprint density at radius 1 is 1.00 bits per heavy atom. The van der Waals surface area contributed by atoms with Crippen molar-refractivity contribution in [2.45, 2.75) is 11.4 Å². The molecule has 0 aliphatic carbocycles. The van der Waals surface area contributed by atoms with Crippen LogP contribution < -0.4 is 4.57 Å². The summed E-state index contributed by atoms with van der Waals surface area (Å²) in [5.41, 5.74) is 0.499. The fourth-order valence-electron chi connectivity index (χ4n) is 1.61. The molecule has 0 aliphatic rings. The van der Waals surface area contributed by atoms with Crippen LogP contribution in [0.15, 0.2) is 59.8 Å². The van der Waals surface area contributed by atoms with Gasteiger partial charge in [-0.3, -0.25) is 0 Å². The number of benzene rings is 1. The first-order valence-corrected chi connectivity index (χ1v) is 6.46. The predicted molar refractivity (Wildman–Crippen MR) is 60.1 cm³/mol. The summed E-state index contributed by atoms with van der Waals surface area (Å²) >= 11 is 0. The fourth-order valence-corrected chi connectivity index (χ4v) is 2.31. The zero-order valence-electron chi connectivity index (χ0n) is 8.98. The van der Waals surface area contributed by atoms with Gasteiger partial charge in [0.25, 0.3) is 0 Å². The molecule has 5 heteroatoms. The zero-order chi connectivity index (χ0) is 12.3. The van der Waals surface area contributed by atoms with Gasteiger partial charge in [-0.25, -0.2) is 13.0 Å². The second kappa shape index (κ2) is 4.65. The molecule has 88 valence electrons. The van der Waals surface area contributed by atoms with Gasteiger partial charge >= 0.3 is 0 Å². The van der Waals surface area contributed by atoms with Crippen LogP contribution in [0, 0.1) is 0 Å². The van der Waals surface area contributed by atoms with E-state index in [9.17, 15) is 13.0 Å². The molecule has 1 aromatic heterocycles. The van der Waals surface area contributed by atoms with E-state index in [1.165, 1.54) is 6.07 Å². The molecule has 0 bridgehead atoms. The first-order chi connectivity index (χ1) is 8.07. The molecule has 1 heterocycles. The summed E-state index contributed by atoms with van der Waals surface area (Å²) in [6.07, 6.45) is 3.63. The molecule has 2 aromatic rings. The van der Waals surface area contributed by atoms with Crippen LogP contribution in [0.3, 0.4) is 0 Å². The minimum absolute atomic E-state index is 0.156. The van der Waals surface area contributed by atoms with Crippen LogP contribution in [-0.4, -0.2) is 13.0 Å². The van der Waals surface area contributed by atoms with Crippen molar-refractivity contribution < 1.29 is 17.5 Å². The van der Waals surface area contributed by atoms with E-state index in [1.807, 2.05) is 35.2 Å². The molecule has 0 spiro atoms. The van der Waals surface area contributed by atoms with Crippen molar-refractivity contribution in [1.29, 1.82) is 0 Å². The lowest BCUT2D eigenvalue weighted by Gasteiger charge is -2.10. The maximum atomic E-state index is 11.1. The van der Waals surface area contributed by atoms with Gasteiger partial charge in [0.05, 0.1) is 4.90 Å². The molecule has 0 unspecified atom stereocenters. The summed E-state index contributed by atoms with van der Waals surface area (Å²) in [7, 11) is -4.42. The summed E-state index contributed by atoms with van der Waals surface area (Å²) in [5.74, 6) is 0. The van der Waals surface area contributed by atoms with Gasteiger partial charge in [0.1, 0.15) is 10.1 Å². The molecule has 2 rings (SSSR count). The molecule has 4 nitrogen and oxygen atoms in total. The van der Waals surface area contributed by atoms with E-state index in [-0.39, 0.29) is 4.90 Å². The highest BCUT2D eigenvalue weighted by Gasteiger charge is 2.11. The molecule has 17 heavy (non-hydrogen) atoms. The van der Waals surface area contributed by atoms with Crippen molar-refractivity contribution >= 4 is 10.1 Å². The van der Waals surface area contributed by atoms with Crippen molar-refractivity contribution in [1.82, 2.24) is 0 Å². The standard InChI is InChI=1S/C12H11NO3S/c14-17(15,16)12-7-3-2-6-11(12)10-13-8-4-1-5-9-13/h1-9H,10H2. The molecule has 0 amide bonds. The molecule has 0 saturated heterocycles. The van der Waals surface area contributed by atoms with Crippen LogP contribution in [0.2, 0.25) is 0 Å². The summed E-state index contributed by atoms with van der Waals surface area (Å²) in [6, 6.07) is 11.8. The van der Waals surface area contributed by atoms with Gasteiger partial charge in [-0.1, -0.05) is 24.3 Å². The highest BCUT2D eigenvalue weighted by Crippen LogP contribution is 2.14. The van der Waals surface area contributed by atoms with E-state index in [4.69, 9.17) is 0 Å². The van der Waals surface area contributed by atoms with E-state index < -0.39 is 10.1 Å². The van der Waals surface area contributed by atoms with Crippen molar-refractivity contribution in [3.05, 3.63) is 60.4 Å².